The first-order valence-electron chi connectivity index (χ1n) is 6.22. The topological polar surface area (TPSA) is 61.8 Å². The number of hydrogen-bond donors (Lipinski definition) is 0. The van der Waals surface area contributed by atoms with Crippen molar-refractivity contribution >= 4 is 23.4 Å². The van der Waals surface area contributed by atoms with E-state index in [0.29, 0.717) is 30.4 Å². The van der Waals surface area contributed by atoms with Crippen LogP contribution in [0.5, 0.6) is 11.5 Å². The fourth-order valence-electron chi connectivity index (χ4n) is 1.48. The van der Waals surface area contributed by atoms with Gasteiger partial charge in [-0.15, -0.1) is 11.6 Å². The van der Waals surface area contributed by atoms with Crippen molar-refractivity contribution in [2.24, 2.45) is 0 Å². The van der Waals surface area contributed by atoms with Gasteiger partial charge in [-0.2, -0.15) is 0 Å². The van der Waals surface area contributed by atoms with E-state index < -0.39 is 11.8 Å². The fraction of sp³-hybridized carbons (Fsp3) is 0.429. The van der Waals surface area contributed by atoms with Crippen LogP contribution in [0, 0.1) is 0 Å². The van der Waals surface area contributed by atoms with Gasteiger partial charge in [-0.3, -0.25) is 4.79 Å². The van der Waals surface area contributed by atoms with Crippen LogP contribution >= 0.6 is 11.6 Å². The number of alkyl halides is 1. The molecule has 0 aliphatic rings. The summed E-state index contributed by atoms with van der Waals surface area (Å²) in [7, 11) is 1.46. The number of esters is 1. The van der Waals surface area contributed by atoms with Gasteiger partial charge in [0.25, 0.3) is 5.78 Å². The molecule has 0 atom stereocenters. The third-order valence-corrected chi connectivity index (χ3v) is 2.69. The van der Waals surface area contributed by atoms with Gasteiger partial charge in [0.15, 0.2) is 11.5 Å². The summed E-state index contributed by atoms with van der Waals surface area (Å²) in [5.74, 6) is -0.211. The lowest BCUT2D eigenvalue weighted by molar-refractivity contribution is -0.137. The molecular weight excluding hydrogens is 284 g/mol. The zero-order valence-electron chi connectivity index (χ0n) is 11.5. The Labute approximate surface area is 122 Å². The number of halogens is 1. The normalized spacial score (nSPS) is 9.95. The molecule has 0 fully saturated rings. The van der Waals surface area contributed by atoms with Gasteiger partial charge in [-0.1, -0.05) is 0 Å². The Morgan fingerprint density at radius 3 is 2.60 bits per heavy atom. The molecule has 20 heavy (non-hydrogen) atoms. The number of ether oxygens (including phenoxy) is 3. The molecule has 0 saturated heterocycles. The summed E-state index contributed by atoms with van der Waals surface area (Å²) in [6.07, 6.45) is 0.703. The van der Waals surface area contributed by atoms with Crippen LogP contribution in [0.3, 0.4) is 0 Å². The molecule has 0 bridgehead atoms. The van der Waals surface area contributed by atoms with E-state index in [1.54, 1.807) is 13.0 Å². The lowest BCUT2D eigenvalue weighted by Gasteiger charge is -2.11. The number of rotatable bonds is 8. The number of Topliss-reactive ketones (excluding diaryl/α,β-unsaturated/α-hetero) is 1. The van der Waals surface area contributed by atoms with Gasteiger partial charge >= 0.3 is 5.97 Å². The molecule has 0 radical (unpaired) electrons. The van der Waals surface area contributed by atoms with Crippen LogP contribution in [0.4, 0.5) is 0 Å². The van der Waals surface area contributed by atoms with E-state index in [1.165, 1.54) is 19.2 Å². The number of methoxy groups -OCH3 is 1. The minimum absolute atomic E-state index is 0.154. The number of carbonyl (C=O) groups excluding carboxylic acids is 2. The van der Waals surface area contributed by atoms with Crippen molar-refractivity contribution in [2.45, 2.75) is 13.3 Å². The van der Waals surface area contributed by atoms with E-state index >= 15 is 0 Å². The van der Waals surface area contributed by atoms with E-state index in [2.05, 4.69) is 4.74 Å². The van der Waals surface area contributed by atoms with E-state index in [1.807, 2.05) is 0 Å². The van der Waals surface area contributed by atoms with Gasteiger partial charge in [0.1, 0.15) is 0 Å². The molecule has 1 aromatic rings. The minimum atomic E-state index is -0.884. The van der Waals surface area contributed by atoms with Crippen LogP contribution in [0.15, 0.2) is 18.2 Å². The summed E-state index contributed by atoms with van der Waals surface area (Å²) in [5, 5.41) is 0. The molecule has 0 aromatic heterocycles. The Hall–Kier alpha value is -1.75. The molecule has 0 heterocycles. The number of carbonyl (C=O) groups is 2. The molecule has 0 saturated carbocycles. The van der Waals surface area contributed by atoms with Gasteiger partial charge in [-0.25, -0.2) is 4.79 Å². The summed E-state index contributed by atoms with van der Waals surface area (Å²) in [6.45, 7) is 2.24. The monoisotopic (exact) mass is 300 g/mol. The second kappa shape index (κ2) is 8.43. The third kappa shape index (κ3) is 4.42. The summed E-state index contributed by atoms with van der Waals surface area (Å²) in [4.78, 5) is 23.2. The van der Waals surface area contributed by atoms with E-state index in [9.17, 15) is 9.59 Å². The van der Waals surface area contributed by atoms with Crippen molar-refractivity contribution in [3.8, 4) is 11.5 Å². The fourth-order valence-corrected chi connectivity index (χ4v) is 1.59. The van der Waals surface area contributed by atoms with Crippen molar-refractivity contribution in [2.75, 3.05) is 26.2 Å². The standard InChI is InChI=1S/C14H17ClO5/c1-3-19-14(17)13(16)10-5-6-11(12(9-10)18-2)20-8-4-7-15/h5-6,9H,3-4,7-8H2,1-2H3. The van der Waals surface area contributed by atoms with Crippen LogP contribution in [0.2, 0.25) is 0 Å². The zero-order chi connectivity index (χ0) is 15.0. The highest BCUT2D eigenvalue weighted by molar-refractivity contribution is 6.40. The largest absolute Gasteiger partial charge is 0.493 e. The molecule has 0 aliphatic carbocycles. The second-order valence-corrected chi connectivity index (χ2v) is 4.18. The van der Waals surface area contributed by atoms with Crippen LogP contribution in [-0.4, -0.2) is 38.0 Å². The molecule has 0 N–H and O–H groups in total. The quantitative estimate of drug-likeness (QED) is 0.243. The average molecular weight is 301 g/mol. The van der Waals surface area contributed by atoms with E-state index in [-0.39, 0.29) is 12.2 Å². The van der Waals surface area contributed by atoms with Crippen molar-refractivity contribution in [1.82, 2.24) is 0 Å². The van der Waals surface area contributed by atoms with Crippen molar-refractivity contribution in [3.05, 3.63) is 23.8 Å². The maximum atomic E-state index is 11.8. The highest BCUT2D eigenvalue weighted by Gasteiger charge is 2.19. The summed E-state index contributed by atoms with van der Waals surface area (Å²) < 4.78 is 15.3. The summed E-state index contributed by atoms with van der Waals surface area (Å²) in [6, 6.07) is 4.53. The summed E-state index contributed by atoms with van der Waals surface area (Å²) in [5.41, 5.74) is 0.199. The molecule has 5 nitrogen and oxygen atoms in total. The first kappa shape index (κ1) is 16.3. The van der Waals surface area contributed by atoms with Gasteiger partial charge < -0.3 is 14.2 Å². The van der Waals surface area contributed by atoms with E-state index in [0.717, 1.165) is 0 Å². The average Bonchev–Trinajstić information content (AvgIpc) is 2.47. The number of ketones is 1. The van der Waals surface area contributed by atoms with Crippen LogP contribution in [-0.2, 0) is 9.53 Å². The predicted octanol–water partition coefficient (Wildman–Crippen LogP) is 2.45. The van der Waals surface area contributed by atoms with E-state index in [4.69, 9.17) is 21.1 Å². The maximum absolute atomic E-state index is 11.8. The van der Waals surface area contributed by atoms with Gasteiger partial charge in [-0.05, 0) is 31.5 Å². The lowest BCUT2D eigenvalue weighted by atomic mass is 10.1. The SMILES string of the molecule is CCOC(=O)C(=O)c1ccc(OCCCCl)c(OC)c1. The third-order valence-electron chi connectivity index (χ3n) is 2.42. The summed E-state index contributed by atoms with van der Waals surface area (Å²) >= 11 is 5.57. The highest BCUT2D eigenvalue weighted by Crippen LogP contribution is 2.28. The Morgan fingerprint density at radius 1 is 1.25 bits per heavy atom. The van der Waals surface area contributed by atoms with Crippen LogP contribution < -0.4 is 9.47 Å². The van der Waals surface area contributed by atoms with Gasteiger partial charge in [0.2, 0.25) is 0 Å². The van der Waals surface area contributed by atoms with Gasteiger partial charge in [0, 0.05) is 11.4 Å². The smallest absolute Gasteiger partial charge is 0.379 e. The highest BCUT2D eigenvalue weighted by atomic mass is 35.5. The van der Waals surface area contributed by atoms with Gasteiger partial charge in [0.05, 0.1) is 20.3 Å². The number of hydrogen-bond acceptors (Lipinski definition) is 5. The zero-order valence-corrected chi connectivity index (χ0v) is 12.2. The molecule has 0 amide bonds. The van der Waals surface area contributed by atoms with Crippen molar-refractivity contribution in [3.63, 3.8) is 0 Å². The van der Waals surface area contributed by atoms with Crippen LogP contribution in [0.1, 0.15) is 23.7 Å². The molecule has 110 valence electrons. The molecule has 1 rings (SSSR count). The Balaban J connectivity index is 2.86. The Kier molecular flexibility index (Phi) is 6.87. The molecule has 0 spiro atoms. The molecule has 6 heteroatoms. The van der Waals surface area contributed by atoms with Crippen molar-refractivity contribution in [1.29, 1.82) is 0 Å². The molecular formula is C14H17ClO5. The minimum Gasteiger partial charge on any atom is -0.493 e. The maximum Gasteiger partial charge on any atom is 0.379 e. The molecule has 0 aliphatic heterocycles. The Bertz CT molecular complexity index is 473. The first-order chi connectivity index (χ1) is 9.63. The first-order valence-corrected chi connectivity index (χ1v) is 6.75. The number of benzene rings is 1. The second-order valence-electron chi connectivity index (χ2n) is 3.81. The Morgan fingerprint density at radius 2 is 2.00 bits per heavy atom. The van der Waals surface area contributed by atoms with Crippen LogP contribution in [0.25, 0.3) is 0 Å². The predicted molar refractivity (Wildman–Crippen MR) is 74.8 cm³/mol. The molecule has 1 aromatic carbocycles. The lowest BCUT2D eigenvalue weighted by Crippen LogP contribution is -2.17. The van der Waals surface area contributed by atoms with Crippen molar-refractivity contribution < 1.29 is 23.8 Å². The molecule has 0 unspecified atom stereocenters.